The van der Waals surface area contributed by atoms with E-state index in [4.69, 9.17) is 15.2 Å². The number of aromatic nitrogens is 1. The van der Waals surface area contributed by atoms with E-state index in [1.54, 1.807) is 0 Å². The highest BCUT2D eigenvalue weighted by molar-refractivity contribution is 5.94. The highest BCUT2D eigenvalue weighted by Gasteiger charge is 2.26. The van der Waals surface area contributed by atoms with Crippen molar-refractivity contribution in [2.75, 3.05) is 18.5 Å². The second-order valence-electron chi connectivity index (χ2n) is 5.45. The predicted octanol–water partition coefficient (Wildman–Crippen LogP) is 1.91. The lowest BCUT2D eigenvalue weighted by Gasteiger charge is -2.33. The Kier molecular flexibility index (Phi) is 2.67. The summed E-state index contributed by atoms with van der Waals surface area (Å²) in [4.78, 5) is 4.45. The summed E-state index contributed by atoms with van der Waals surface area (Å²) in [5.41, 5.74) is 5.83. The van der Waals surface area contributed by atoms with Crippen molar-refractivity contribution in [1.29, 1.82) is 0 Å². The highest BCUT2D eigenvalue weighted by atomic mass is 16.6. The fourth-order valence-corrected chi connectivity index (χ4v) is 2.80. The van der Waals surface area contributed by atoms with Crippen LogP contribution in [0.3, 0.4) is 0 Å². The van der Waals surface area contributed by atoms with Crippen molar-refractivity contribution in [1.82, 2.24) is 4.98 Å². The minimum atomic E-state index is 0.326. The Balaban J connectivity index is 1.73. The zero-order valence-corrected chi connectivity index (χ0v) is 11.1. The third-order valence-corrected chi connectivity index (χ3v) is 3.94. The first-order valence-corrected chi connectivity index (χ1v) is 7.00. The Morgan fingerprint density at radius 1 is 1.15 bits per heavy atom. The fourth-order valence-electron chi connectivity index (χ4n) is 2.80. The minimum Gasteiger partial charge on any atom is -0.486 e. The molecule has 5 heteroatoms. The molecular formula is C15H17N3O2. The quantitative estimate of drug-likeness (QED) is 0.873. The van der Waals surface area contributed by atoms with Crippen LogP contribution in [-0.2, 0) is 0 Å². The van der Waals surface area contributed by atoms with Gasteiger partial charge in [0.05, 0.1) is 0 Å². The molecule has 2 aromatic rings. The number of pyridine rings is 1. The topological polar surface area (TPSA) is 69.4 Å². The van der Waals surface area contributed by atoms with E-state index in [1.165, 1.54) is 0 Å². The zero-order chi connectivity index (χ0) is 13.5. The number of fused-ring (bicyclic) bond motifs is 2. The predicted molar refractivity (Wildman–Crippen MR) is 77.4 cm³/mol. The molecule has 0 atom stereocenters. The van der Waals surface area contributed by atoms with E-state index in [0.29, 0.717) is 25.3 Å². The smallest absolute Gasteiger partial charge is 0.162 e. The first kappa shape index (κ1) is 11.8. The molecule has 0 spiro atoms. The van der Waals surface area contributed by atoms with E-state index in [1.807, 2.05) is 24.4 Å². The third-order valence-electron chi connectivity index (χ3n) is 3.94. The maximum atomic E-state index is 5.83. The average Bonchev–Trinajstić information content (AvgIpc) is 2.44. The third kappa shape index (κ3) is 1.94. The van der Waals surface area contributed by atoms with Crippen LogP contribution in [0.25, 0.3) is 10.8 Å². The molecule has 0 unspecified atom stereocenters. The largest absolute Gasteiger partial charge is 0.486 e. The SMILES string of the molecule is NC1CC(Nc2nccc3cc4c(cc23)OCCO4)C1. The Bertz CT molecular complexity index is 653. The summed E-state index contributed by atoms with van der Waals surface area (Å²) >= 11 is 0. The number of benzene rings is 1. The van der Waals surface area contributed by atoms with Crippen LogP contribution in [0, 0.1) is 0 Å². The molecule has 0 saturated heterocycles. The lowest BCUT2D eigenvalue weighted by atomic mass is 9.87. The van der Waals surface area contributed by atoms with Gasteiger partial charge < -0.3 is 20.5 Å². The van der Waals surface area contributed by atoms with Crippen LogP contribution >= 0.6 is 0 Å². The number of nitrogens with two attached hydrogens (primary N) is 1. The number of hydrogen-bond donors (Lipinski definition) is 2. The maximum absolute atomic E-state index is 5.83. The molecule has 0 amide bonds. The molecule has 1 aliphatic heterocycles. The fraction of sp³-hybridized carbons (Fsp3) is 0.400. The lowest BCUT2D eigenvalue weighted by molar-refractivity contribution is 0.172. The molecule has 1 aliphatic carbocycles. The summed E-state index contributed by atoms with van der Waals surface area (Å²) in [5, 5.41) is 5.64. The Hall–Kier alpha value is -2.01. The van der Waals surface area contributed by atoms with Crippen molar-refractivity contribution >= 4 is 16.6 Å². The standard InChI is InChI=1S/C15H17N3O2/c16-10-6-11(7-10)18-15-12-8-14-13(19-3-4-20-14)5-9(12)1-2-17-15/h1-2,5,8,10-11H,3-4,6-7,16H2,(H,17,18). The van der Waals surface area contributed by atoms with E-state index in [0.717, 1.165) is 40.9 Å². The molecule has 5 nitrogen and oxygen atoms in total. The summed E-state index contributed by atoms with van der Waals surface area (Å²) in [7, 11) is 0. The van der Waals surface area contributed by atoms with Gasteiger partial charge in [-0.05, 0) is 36.4 Å². The normalized spacial score (nSPS) is 24.2. The molecule has 1 aromatic carbocycles. The molecule has 0 radical (unpaired) electrons. The van der Waals surface area contributed by atoms with Gasteiger partial charge in [0, 0.05) is 23.7 Å². The second-order valence-corrected chi connectivity index (χ2v) is 5.45. The molecule has 2 aliphatic rings. The van der Waals surface area contributed by atoms with Crippen LogP contribution in [0.1, 0.15) is 12.8 Å². The molecule has 2 heterocycles. The first-order valence-electron chi connectivity index (χ1n) is 7.00. The number of nitrogens with zero attached hydrogens (tertiary/aromatic N) is 1. The van der Waals surface area contributed by atoms with E-state index in [-0.39, 0.29) is 0 Å². The van der Waals surface area contributed by atoms with Crippen molar-refractivity contribution < 1.29 is 9.47 Å². The van der Waals surface area contributed by atoms with Crippen LogP contribution < -0.4 is 20.5 Å². The second kappa shape index (κ2) is 4.52. The van der Waals surface area contributed by atoms with Gasteiger partial charge in [0.1, 0.15) is 19.0 Å². The first-order chi connectivity index (χ1) is 9.79. The van der Waals surface area contributed by atoms with Gasteiger partial charge in [-0.2, -0.15) is 0 Å². The van der Waals surface area contributed by atoms with Gasteiger partial charge in [0.2, 0.25) is 0 Å². The highest BCUT2D eigenvalue weighted by Crippen LogP contribution is 2.37. The number of nitrogens with one attached hydrogen (secondary N) is 1. The van der Waals surface area contributed by atoms with Gasteiger partial charge in [-0.25, -0.2) is 4.98 Å². The van der Waals surface area contributed by atoms with Crippen molar-refractivity contribution in [2.45, 2.75) is 24.9 Å². The van der Waals surface area contributed by atoms with Crippen LogP contribution in [0.15, 0.2) is 24.4 Å². The van der Waals surface area contributed by atoms with E-state index in [9.17, 15) is 0 Å². The van der Waals surface area contributed by atoms with Crippen molar-refractivity contribution in [3.63, 3.8) is 0 Å². The number of ether oxygens (including phenoxy) is 2. The molecular weight excluding hydrogens is 254 g/mol. The summed E-state index contributed by atoms with van der Waals surface area (Å²) < 4.78 is 11.3. The molecule has 0 bridgehead atoms. The number of anilines is 1. The molecule has 4 rings (SSSR count). The van der Waals surface area contributed by atoms with Gasteiger partial charge in [0.25, 0.3) is 0 Å². The maximum Gasteiger partial charge on any atom is 0.162 e. The van der Waals surface area contributed by atoms with Crippen LogP contribution in [-0.4, -0.2) is 30.3 Å². The molecule has 1 fully saturated rings. The number of hydrogen-bond acceptors (Lipinski definition) is 5. The number of rotatable bonds is 2. The van der Waals surface area contributed by atoms with E-state index >= 15 is 0 Å². The molecule has 1 saturated carbocycles. The Labute approximate surface area is 117 Å². The zero-order valence-electron chi connectivity index (χ0n) is 11.1. The van der Waals surface area contributed by atoms with Crippen LogP contribution in [0.4, 0.5) is 5.82 Å². The lowest BCUT2D eigenvalue weighted by Crippen LogP contribution is -2.44. The van der Waals surface area contributed by atoms with Gasteiger partial charge in [-0.1, -0.05) is 0 Å². The molecule has 1 aromatic heterocycles. The van der Waals surface area contributed by atoms with E-state index in [2.05, 4.69) is 10.3 Å². The van der Waals surface area contributed by atoms with Crippen LogP contribution in [0.2, 0.25) is 0 Å². The summed E-state index contributed by atoms with van der Waals surface area (Å²) in [5.74, 6) is 2.51. The monoisotopic (exact) mass is 271 g/mol. The van der Waals surface area contributed by atoms with Crippen molar-refractivity contribution in [3.05, 3.63) is 24.4 Å². The minimum absolute atomic E-state index is 0.326. The van der Waals surface area contributed by atoms with Crippen molar-refractivity contribution in [3.8, 4) is 11.5 Å². The molecule has 20 heavy (non-hydrogen) atoms. The average molecular weight is 271 g/mol. The Morgan fingerprint density at radius 2 is 1.90 bits per heavy atom. The van der Waals surface area contributed by atoms with Gasteiger partial charge in [0.15, 0.2) is 11.5 Å². The van der Waals surface area contributed by atoms with E-state index < -0.39 is 0 Å². The van der Waals surface area contributed by atoms with Gasteiger partial charge >= 0.3 is 0 Å². The van der Waals surface area contributed by atoms with Crippen molar-refractivity contribution in [2.24, 2.45) is 5.73 Å². The summed E-state index contributed by atoms with van der Waals surface area (Å²) in [6, 6.07) is 6.77. The summed E-state index contributed by atoms with van der Waals surface area (Å²) in [6.07, 6.45) is 3.82. The Morgan fingerprint density at radius 3 is 2.65 bits per heavy atom. The molecule has 104 valence electrons. The van der Waals surface area contributed by atoms with Gasteiger partial charge in [-0.15, -0.1) is 0 Å². The van der Waals surface area contributed by atoms with Gasteiger partial charge in [-0.3, -0.25) is 0 Å². The van der Waals surface area contributed by atoms with Crippen LogP contribution in [0.5, 0.6) is 11.5 Å². The summed E-state index contributed by atoms with van der Waals surface area (Å²) in [6.45, 7) is 1.20. The molecule has 3 N–H and O–H groups in total.